The molecule has 0 N–H and O–H groups in total. The van der Waals surface area contributed by atoms with Gasteiger partial charge in [-0.05, 0) is 29.8 Å². The van der Waals surface area contributed by atoms with Gasteiger partial charge in [-0.2, -0.15) is 0 Å². The van der Waals surface area contributed by atoms with Gasteiger partial charge in [0.25, 0.3) is 0 Å². The first-order valence-corrected chi connectivity index (χ1v) is 10.5. The minimum Gasteiger partial charge on any atom is -0.482 e. The number of hydrogen-bond donors (Lipinski definition) is 0. The number of ether oxygens (including phenoxy) is 3. The zero-order chi connectivity index (χ0) is 22.8. The molecule has 33 heavy (non-hydrogen) atoms. The minimum atomic E-state index is -0.479. The largest absolute Gasteiger partial charge is 0.482 e. The number of nitrogens with zero attached hydrogens (tertiary/aromatic N) is 1. The van der Waals surface area contributed by atoms with E-state index in [2.05, 4.69) is 0 Å². The Bertz CT molecular complexity index is 1380. The van der Waals surface area contributed by atoms with Crippen molar-refractivity contribution in [2.45, 2.75) is 6.61 Å². The van der Waals surface area contributed by atoms with Crippen LogP contribution >= 0.6 is 0 Å². The van der Waals surface area contributed by atoms with Crippen LogP contribution in [-0.4, -0.2) is 22.9 Å². The standard InChI is InChI=1S/C27H21NO5/c1-28-15-19(21-9-5-6-10-23(21)28)13-25-27(30)22-12-11-20(14-24(22)33-25)31-17-26(29)32-16-18-7-3-2-4-8-18/h2-15H,16-17H2,1H3/b25-13+. The van der Waals surface area contributed by atoms with Crippen molar-refractivity contribution in [2.24, 2.45) is 7.05 Å². The van der Waals surface area contributed by atoms with Gasteiger partial charge in [0.1, 0.15) is 18.1 Å². The molecular formula is C27H21NO5. The molecule has 0 radical (unpaired) electrons. The van der Waals surface area contributed by atoms with Gasteiger partial charge in [-0.25, -0.2) is 4.79 Å². The van der Waals surface area contributed by atoms with Crippen LogP contribution in [0.5, 0.6) is 11.5 Å². The Morgan fingerprint density at radius 3 is 2.67 bits per heavy atom. The number of hydrogen-bond acceptors (Lipinski definition) is 5. The van der Waals surface area contributed by atoms with E-state index in [9.17, 15) is 9.59 Å². The molecule has 0 atom stereocenters. The van der Waals surface area contributed by atoms with Crippen LogP contribution in [0.2, 0.25) is 0 Å². The van der Waals surface area contributed by atoms with Gasteiger partial charge < -0.3 is 18.8 Å². The van der Waals surface area contributed by atoms with Gasteiger partial charge in [0.05, 0.1) is 5.56 Å². The van der Waals surface area contributed by atoms with Gasteiger partial charge in [-0.15, -0.1) is 0 Å². The van der Waals surface area contributed by atoms with E-state index in [4.69, 9.17) is 14.2 Å². The molecule has 2 heterocycles. The number of para-hydroxylation sites is 1. The number of Topliss-reactive ketones (excluding diaryl/α,β-unsaturated/α-hetero) is 1. The van der Waals surface area contributed by atoms with Crippen LogP contribution in [0.25, 0.3) is 17.0 Å². The van der Waals surface area contributed by atoms with Crippen LogP contribution in [-0.2, 0) is 23.2 Å². The van der Waals surface area contributed by atoms with Crippen molar-refractivity contribution in [1.29, 1.82) is 0 Å². The summed E-state index contributed by atoms with van der Waals surface area (Å²) >= 11 is 0. The van der Waals surface area contributed by atoms with Gasteiger partial charge in [0.2, 0.25) is 5.78 Å². The van der Waals surface area contributed by atoms with Crippen LogP contribution in [0.3, 0.4) is 0 Å². The number of aromatic nitrogens is 1. The molecule has 0 unspecified atom stereocenters. The van der Waals surface area contributed by atoms with Crippen molar-refractivity contribution in [2.75, 3.05) is 6.61 Å². The predicted octanol–water partition coefficient (Wildman–Crippen LogP) is 4.92. The van der Waals surface area contributed by atoms with Crippen molar-refractivity contribution in [3.63, 3.8) is 0 Å². The fraction of sp³-hybridized carbons (Fsp3) is 0.111. The van der Waals surface area contributed by atoms with Crippen LogP contribution in [0.4, 0.5) is 0 Å². The first-order chi connectivity index (χ1) is 16.1. The van der Waals surface area contributed by atoms with E-state index in [0.29, 0.717) is 17.1 Å². The van der Waals surface area contributed by atoms with Crippen LogP contribution in [0.1, 0.15) is 21.5 Å². The molecule has 164 valence electrons. The molecule has 6 heteroatoms. The van der Waals surface area contributed by atoms with Gasteiger partial charge in [0.15, 0.2) is 12.4 Å². The maximum Gasteiger partial charge on any atom is 0.344 e. The normalized spacial score (nSPS) is 13.7. The number of aryl methyl sites for hydroxylation is 1. The summed E-state index contributed by atoms with van der Waals surface area (Å²) in [7, 11) is 1.96. The monoisotopic (exact) mass is 439 g/mol. The van der Waals surface area contributed by atoms with Crippen molar-refractivity contribution in [3.8, 4) is 11.5 Å². The molecule has 0 bridgehead atoms. The first kappa shape index (κ1) is 20.6. The molecule has 0 saturated heterocycles. The fourth-order valence-electron chi connectivity index (χ4n) is 3.81. The maximum absolute atomic E-state index is 12.8. The lowest BCUT2D eigenvalue weighted by Gasteiger charge is -2.08. The van der Waals surface area contributed by atoms with E-state index in [1.165, 1.54) is 0 Å². The van der Waals surface area contributed by atoms with E-state index in [0.717, 1.165) is 22.0 Å². The number of benzene rings is 3. The quantitative estimate of drug-likeness (QED) is 0.315. The average Bonchev–Trinajstić information content (AvgIpc) is 3.33. The Labute approximate surface area is 190 Å². The summed E-state index contributed by atoms with van der Waals surface area (Å²) in [5.74, 6) is 0.409. The molecule has 5 rings (SSSR count). The molecule has 1 aliphatic rings. The zero-order valence-electron chi connectivity index (χ0n) is 18.0. The summed E-state index contributed by atoms with van der Waals surface area (Å²) in [6.07, 6.45) is 3.72. The van der Waals surface area contributed by atoms with E-state index >= 15 is 0 Å². The van der Waals surface area contributed by atoms with Gasteiger partial charge in [-0.1, -0.05) is 48.5 Å². The van der Waals surface area contributed by atoms with Crippen LogP contribution in [0, 0.1) is 0 Å². The topological polar surface area (TPSA) is 66.8 Å². The lowest BCUT2D eigenvalue weighted by Crippen LogP contribution is -2.14. The lowest BCUT2D eigenvalue weighted by molar-refractivity contribution is -0.147. The molecule has 1 aliphatic heterocycles. The number of carbonyl (C=O) groups is 2. The highest BCUT2D eigenvalue weighted by Crippen LogP contribution is 2.35. The van der Waals surface area contributed by atoms with Crippen LogP contribution in [0.15, 0.2) is 84.8 Å². The summed E-state index contributed by atoms with van der Waals surface area (Å²) in [4.78, 5) is 24.8. The highest BCUT2D eigenvalue weighted by molar-refractivity contribution is 6.15. The third-order valence-electron chi connectivity index (χ3n) is 5.46. The van der Waals surface area contributed by atoms with Crippen molar-refractivity contribution in [3.05, 3.63) is 101 Å². The third kappa shape index (κ3) is 4.23. The summed E-state index contributed by atoms with van der Waals surface area (Å²) in [6.45, 7) is -0.0502. The second-order valence-corrected chi connectivity index (χ2v) is 7.75. The third-order valence-corrected chi connectivity index (χ3v) is 5.46. The van der Waals surface area contributed by atoms with Crippen molar-refractivity contribution in [1.82, 2.24) is 4.57 Å². The Kier molecular flexibility index (Phi) is 5.40. The van der Waals surface area contributed by atoms with Gasteiger partial charge in [0, 0.05) is 35.8 Å². The molecule has 6 nitrogen and oxygen atoms in total. The zero-order valence-corrected chi connectivity index (χ0v) is 18.0. The molecule has 3 aromatic carbocycles. The van der Waals surface area contributed by atoms with Gasteiger partial charge in [-0.3, -0.25) is 4.79 Å². The SMILES string of the molecule is Cn1cc(/C=C2/Oc3cc(OCC(=O)OCc4ccccc4)ccc3C2=O)c2ccccc21. The van der Waals surface area contributed by atoms with Crippen molar-refractivity contribution >= 4 is 28.7 Å². The van der Waals surface area contributed by atoms with Crippen LogP contribution < -0.4 is 9.47 Å². The molecule has 0 amide bonds. The number of fused-ring (bicyclic) bond motifs is 2. The Balaban J connectivity index is 1.26. The van der Waals surface area contributed by atoms with E-state index in [1.807, 2.05) is 72.4 Å². The van der Waals surface area contributed by atoms with Crippen molar-refractivity contribution < 1.29 is 23.8 Å². The Hall–Kier alpha value is -4.32. The number of allylic oxidation sites excluding steroid dienone is 1. The van der Waals surface area contributed by atoms with E-state index in [1.54, 1.807) is 24.3 Å². The number of esters is 1. The molecule has 1 aromatic heterocycles. The Morgan fingerprint density at radius 1 is 1.03 bits per heavy atom. The molecule has 0 spiro atoms. The minimum absolute atomic E-state index is 0.188. The predicted molar refractivity (Wildman–Crippen MR) is 124 cm³/mol. The highest BCUT2D eigenvalue weighted by Gasteiger charge is 2.28. The lowest BCUT2D eigenvalue weighted by atomic mass is 10.1. The smallest absolute Gasteiger partial charge is 0.344 e. The number of carbonyl (C=O) groups excluding carboxylic acids is 2. The molecule has 0 aliphatic carbocycles. The van der Waals surface area contributed by atoms with E-state index < -0.39 is 5.97 Å². The second kappa shape index (κ2) is 8.67. The molecular weight excluding hydrogens is 418 g/mol. The maximum atomic E-state index is 12.8. The summed E-state index contributed by atoms with van der Waals surface area (Å²) in [6, 6.07) is 22.3. The second-order valence-electron chi connectivity index (χ2n) is 7.75. The van der Waals surface area contributed by atoms with E-state index in [-0.39, 0.29) is 24.8 Å². The number of ketones is 1. The molecule has 0 fully saturated rings. The summed E-state index contributed by atoms with van der Waals surface area (Å²) in [5, 5.41) is 1.04. The average molecular weight is 439 g/mol. The van der Waals surface area contributed by atoms with Gasteiger partial charge >= 0.3 is 5.97 Å². The Morgan fingerprint density at radius 2 is 1.82 bits per heavy atom. The summed E-state index contributed by atoms with van der Waals surface area (Å²) < 4.78 is 18.6. The number of rotatable bonds is 6. The molecule has 4 aromatic rings. The molecule has 0 saturated carbocycles. The fourth-order valence-corrected chi connectivity index (χ4v) is 3.81. The summed E-state index contributed by atoms with van der Waals surface area (Å²) in [5.41, 5.74) is 3.34. The highest BCUT2D eigenvalue weighted by atomic mass is 16.6. The first-order valence-electron chi connectivity index (χ1n) is 10.5.